The van der Waals surface area contributed by atoms with Crippen LogP contribution in [-0.2, 0) is 13.0 Å². The second-order valence-electron chi connectivity index (χ2n) is 6.84. The molecule has 0 amide bonds. The topological polar surface area (TPSA) is 46.8 Å². The summed E-state index contributed by atoms with van der Waals surface area (Å²) < 4.78 is 2.02. The van der Waals surface area contributed by atoms with Gasteiger partial charge in [-0.3, -0.25) is 0 Å². The van der Waals surface area contributed by atoms with Gasteiger partial charge in [0.05, 0.1) is 12.6 Å². The number of fused-ring (bicyclic) bond motifs is 1. The first kappa shape index (κ1) is 13.7. The Balaban J connectivity index is 1.60. The molecule has 0 spiro atoms. The molecular formula is C17H23N5. The molecular weight excluding hydrogens is 274 g/mol. The Labute approximate surface area is 131 Å². The van der Waals surface area contributed by atoms with E-state index in [2.05, 4.69) is 52.5 Å². The average Bonchev–Trinajstić information content (AvgIpc) is 3.27. The van der Waals surface area contributed by atoms with Crippen LogP contribution in [0.4, 0.5) is 5.69 Å². The van der Waals surface area contributed by atoms with Crippen molar-refractivity contribution in [3.63, 3.8) is 0 Å². The van der Waals surface area contributed by atoms with Crippen LogP contribution in [0.2, 0.25) is 0 Å². The van der Waals surface area contributed by atoms with Crippen molar-refractivity contribution in [2.75, 3.05) is 11.4 Å². The molecule has 4 rings (SSSR count). The third-order valence-corrected chi connectivity index (χ3v) is 4.77. The molecule has 0 bridgehead atoms. The first-order valence-corrected chi connectivity index (χ1v) is 8.37. The fourth-order valence-corrected chi connectivity index (χ4v) is 3.31. The molecule has 2 aliphatic rings. The summed E-state index contributed by atoms with van der Waals surface area (Å²) in [7, 11) is 0. The molecule has 2 aromatic rings. The van der Waals surface area contributed by atoms with Crippen molar-refractivity contribution in [1.29, 1.82) is 0 Å². The Bertz CT molecular complexity index is 671. The zero-order valence-electron chi connectivity index (χ0n) is 13.4. The van der Waals surface area contributed by atoms with Crippen molar-refractivity contribution in [2.24, 2.45) is 0 Å². The third kappa shape index (κ3) is 2.49. The van der Waals surface area contributed by atoms with Crippen molar-refractivity contribution in [3.05, 3.63) is 35.2 Å². The zero-order valence-corrected chi connectivity index (χ0v) is 13.4. The largest absolute Gasteiger partial charge is 0.364 e. The molecule has 1 aromatic carbocycles. The van der Waals surface area contributed by atoms with Gasteiger partial charge in [0.15, 0.2) is 5.82 Å². The quantitative estimate of drug-likeness (QED) is 0.870. The molecule has 22 heavy (non-hydrogen) atoms. The normalized spacial score (nSPS) is 17.9. The van der Waals surface area contributed by atoms with Gasteiger partial charge in [-0.2, -0.15) is 0 Å². The average molecular weight is 297 g/mol. The van der Waals surface area contributed by atoms with Gasteiger partial charge in [-0.05, 0) is 59.2 Å². The lowest BCUT2D eigenvalue weighted by atomic mass is 9.95. The first-order valence-electron chi connectivity index (χ1n) is 8.37. The predicted octanol–water partition coefficient (Wildman–Crippen LogP) is 3.08. The molecule has 1 saturated carbocycles. The van der Waals surface area contributed by atoms with Gasteiger partial charge in [0.25, 0.3) is 0 Å². The van der Waals surface area contributed by atoms with Gasteiger partial charge in [-0.1, -0.05) is 26.0 Å². The Kier molecular flexibility index (Phi) is 3.36. The number of nitrogens with zero attached hydrogens (tertiary/aromatic N) is 5. The number of benzene rings is 1. The van der Waals surface area contributed by atoms with Crippen LogP contribution in [-0.4, -0.2) is 26.8 Å². The minimum atomic E-state index is 0.539. The van der Waals surface area contributed by atoms with Crippen LogP contribution in [0.15, 0.2) is 18.2 Å². The molecule has 1 aromatic heterocycles. The van der Waals surface area contributed by atoms with E-state index in [9.17, 15) is 0 Å². The minimum Gasteiger partial charge on any atom is -0.364 e. The maximum atomic E-state index is 4.25. The van der Waals surface area contributed by atoms with Gasteiger partial charge in [0, 0.05) is 12.2 Å². The fourth-order valence-electron chi connectivity index (χ4n) is 3.31. The molecule has 1 aliphatic heterocycles. The van der Waals surface area contributed by atoms with E-state index in [1.165, 1.54) is 42.5 Å². The summed E-state index contributed by atoms with van der Waals surface area (Å²) in [6, 6.07) is 7.48. The first-order chi connectivity index (χ1) is 10.7. The highest BCUT2D eigenvalue weighted by molar-refractivity contribution is 5.57. The molecule has 5 nitrogen and oxygen atoms in total. The van der Waals surface area contributed by atoms with E-state index in [1.807, 2.05) is 4.68 Å². The summed E-state index contributed by atoms with van der Waals surface area (Å²) in [4.78, 5) is 2.44. The summed E-state index contributed by atoms with van der Waals surface area (Å²) in [5.41, 5.74) is 4.27. The molecule has 1 fully saturated rings. The second kappa shape index (κ2) is 5.38. The monoisotopic (exact) mass is 297 g/mol. The molecule has 0 unspecified atom stereocenters. The third-order valence-electron chi connectivity index (χ3n) is 4.77. The predicted molar refractivity (Wildman–Crippen MR) is 86.0 cm³/mol. The lowest BCUT2D eigenvalue weighted by molar-refractivity contribution is 0.567. The number of rotatable bonds is 4. The van der Waals surface area contributed by atoms with E-state index in [0.717, 1.165) is 18.9 Å². The van der Waals surface area contributed by atoms with E-state index < -0.39 is 0 Å². The molecule has 1 aliphatic carbocycles. The Morgan fingerprint density at radius 2 is 2.14 bits per heavy atom. The maximum Gasteiger partial charge on any atom is 0.170 e. The summed E-state index contributed by atoms with van der Waals surface area (Å²) in [6.45, 7) is 6.42. The minimum absolute atomic E-state index is 0.539. The number of aromatic nitrogens is 4. The number of aryl methyl sites for hydroxylation is 1. The summed E-state index contributed by atoms with van der Waals surface area (Å²) in [5.74, 6) is 1.59. The van der Waals surface area contributed by atoms with Crippen LogP contribution < -0.4 is 4.90 Å². The van der Waals surface area contributed by atoms with Gasteiger partial charge < -0.3 is 4.90 Å². The number of tetrazole rings is 1. The van der Waals surface area contributed by atoms with Crippen LogP contribution in [0.5, 0.6) is 0 Å². The molecule has 0 atom stereocenters. The van der Waals surface area contributed by atoms with Gasteiger partial charge in [-0.25, -0.2) is 4.68 Å². The molecule has 0 saturated heterocycles. The van der Waals surface area contributed by atoms with E-state index in [1.54, 1.807) is 0 Å². The summed E-state index contributed by atoms with van der Waals surface area (Å²) in [6.07, 6.45) is 4.82. The highest BCUT2D eigenvalue weighted by Crippen LogP contribution is 2.35. The van der Waals surface area contributed by atoms with Crippen molar-refractivity contribution >= 4 is 5.69 Å². The number of anilines is 1. The van der Waals surface area contributed by atoms with Crippen molar-refractivity contribution in [1.82, 2.24) is 20.2 Å². The second-order valence-corrected chi connectivity index (χ2v) is 6.84. The molecule has 116 valence electrons. The Morgan fingerprint density at radius 1 is 1.27 bits per heavy atom. The molecule has 5 heteroatoms. The standard InChI is InChI=1S/C17H23N5/c1-12(2)13-5-8-16-14(10-13)4-3-9-21(16)11-17-18-19-20-22(17)15-6-7-15/h5,8,10,12,15H,3-4,6-7,9,11H2,1-2H3. The van der Waals surface area contributed by atoms with Crippen LogP contribution in [0.25, 0.3) is 0 Å². The van der Waals surface area contributed by atoms with Crippen molar-refractivity contribution in [3.8, 4) is 0 Å². The molecule has 0 N–H and O–H groups in total. The van der Waals surface area contributed by atoms with Gasteiger partial charge in [-0.15, -0.1) is 5.10 Å². The zero-order chi connectivity index (χ0) is 15.1. The molecule has 0 radical (unpaired) electrons. The Hall–Kier alpha value is -1.91. The van der Waals surface area contributed by atoms with Crippen LogP contribution in [0, 0.1) is 0 Å². The summed E-state index contributed by atoms with van der Waals surface area (Å²) in [5, 5.41) is 12.3. The van der Waals surface area contributed by atoms with Crippen LogP contribution >= 0.6 is 0 Å². The van der Waals surface area contributed by atoms with Gasteiger partial charge in [0.1, 0.15) is 0 Å². The fraction of sp³-hybridized carbons (Fsp3) is 0.588. The van der Waals surface area contributed by atoms with Crippen molar-refractivity contribution < 1.29 is 0 Å². The van der Waals surface area contributed by atoms with Crippen LogP contribution in [0.1, 0.15) is 62.0 Å². The van der Waals surface area contributed by atoms with Gasteiger partial charge >= 0.3 is 0 Å². The number of hydrogen-bond acceptors (Lipinski definition) is 4. The summed E-state index contributed by atoms with van der Waals surface area (Å²) >= 11 is 0. The van der Waals surface area contributed by atoms with E-state index >= 15 is 0 Å². The van der Waals surface area contributed by atoms with E-state index in [0.29, 0.717) is 12.0 Å². The lowest BCUT2D eigenvalue weighted by Gasteiger charge is -2.31. The Morgan fingerprint density at radius 3 is 2.91 bits per heavy atom. The van der Waals surface area contributed by atoms with E-state index in [-0.39, 0.29) is 0 Å². The highest BCUT2D eigenvalue weighted by atomic mass is 15.6. The SMILES string of the molecule is CC(C)c1ccc2c(c1)CCCN2Cc1nnnn1C1CC1. The highest BCUT2D eigenvalue weighted by Gasteiger charge is 2.29. The molecule has 2 heterocycles. The van der Waals surface area contributed by atoms with Crippen molar-refractivity contribution in [2.45, 2.75) is 58.0 Å². The van der Waals surface area contributed by atoms with E-state index in [4.69, 9.17) is 0 Å². The number of hydrogen-bond donors (Lipinski definition) is 0. The van der Waals surface area contributed by atoms with Crippen LogP contribution in [0.3, 0.4) is 0 Å². The maximum absolute atomic E-state index is 4.25. The lowest BCUT2D eigenvalue weighted by Crippen LogP contribution is -2.30. The van der Waals surface area contributed by atoms with Gasteiger partial charge in [0.2, 0.25) is 0 Å². The smallest absolute Gasteiger partial charge is 0.170 e.